The van der Waals surface area contributed by atoms with Gasteiger partial charge in [0, 0.05) is 10.5 Å². The van der Waals surface area contributed by atoms with Crippen LogP contribution in [-0.4, -0.2) is 15.9 Å². The Morgan fingerprint density at radius 2 is 2.14 bits per heavy atom. The summed E-state index contributed by atoms with van der Waals surface area (Å²) in [6.07, 6.45) is 0. The van der Waals surface area contributed by atoms with Crippen LogP contribution in [0.15, 0.2) is 0 Å². The monoisotopic (exact) mass is 136 g/mol. The molecule has 42 valence electrons. The molecule has 0 spiro atoms. The van der Waals surface area contributed by atoms with Gasteiger partial charge in [-0.3, -0.25) is 0 Å². The smallest absolute Gasteiger partial charge is 0.0568 e. The lowest BCUT2D eigenvalue weighted by atomic mass is 10.1. The summed E-state index contributed by atoms with van der Waals surface area (Å²) in [5.41, 5.74) is 0. The second-order valence-corrected chi connectivity index (χ2v) is 4.58. The molecule has 1 aliphatic rings. The van der Waals surface area contributed by atoms with Crippen LogP contribution in [0.2, 0.25) is 0 Å². The van der Waals surface area contributed by atoms with E-state index in [1.165, 1.54) is 0 Å². The van der Waals surface area contributed by atoms with E-state index < -0.39 is 0 Å². The summed E-state index contributed by atoms with van der Waals surface area (Å²) in [4.78, 5) is 0. The van der Waals surface area contributed by atoms with Gasteiger partial charge < -0.3 is 0 Å². The first-order valence-electron chi connectivity index (χ1n) is 2.41. The topological polar surface area (TPSA) is 0 Å². The molecular formula is C5H9ClS. The molecule has 0 nitrogen and oxygen atoms in total. The molecule has 0 aromatic carbocycles. The quantitative estimate of drug-likeness (QED) is 0.460. The fraction of sp³-hybridized carbons (Fsp3) is 1.00. The summed E-state index contributed by atoms with van der Waals surface area (Å²) in [6, 6.07) is 0. The minimum Gasteiger partial charge on any atom is -0.153 e. The molecule has 0 bridgehead atoms. The fourth-order valence-electron chi connectivity index (χ4n) is 0.480. The van der Waals surface area contributed by atoms with Gasteiger partial charge in [-0.25, -0.2) is 0 Å². The Bertz CT molecular complexity index is 80.1. The van der Waals surface area contributed by atoms with Gasteiger partial charge in [-0.1, -0.05) is 0 Å². The summed E-state index contributed by atoms with van der Waals surface area (Å²) in [5, 5.41) is 0.414. The van der Waals surface area contributed by atoms with Crippen molar-refractivity contribution in [2.75, 3.05) is 5.75 Å². The van der Waals surface area contributed by atoms with Crippen molar-refractivity contribution in [2.45, 2.75) is 24.0 Å². The molecule has 0 amide bonds. The summed E-state index contributed by atoms with van der Waals surface area (Å²) in [6.45, 7) is 4.36. The van der Waals surface area contributed by atoms with Crippen LogP contribution in [0.5, 0.6) is 0 Å². The molecule has 2 heteroatoms. The molecule has 0 aromatic rings. The highest BCUT2D eigenvalue weighted by molar-refractivity contribution is 8.02. The van der Waals surface area contributed by atoms with Gasteiger partial charge in [0.1, 0.15) is 0 Å². The van der Waals surface area contributed by atoms with E-state index in [1.54, 1.807) is 0 Å². The molecule has 1 saturated heterocycles. The van der Waals surface area contributed by atoms with Gasteiger partial charge in [0.2, 0.25) is 0 Å². The largest absolute Gasteiger partial charge is 0.153 e. The Hall–Kier alpha value is 0.640. The Morgan fingerprint density at radius 3 is 2.14 bits per heavy atom. The molecule has 1 atom stereocenters. The lowest BCUT2D eigenvalue weighted by molar-refractivity contribution is 0.656. The molecule has 0 aliphatic carbocycles. The van der Waals surface area contributed by atoms with Crippen LogP contribution in [0.4, 0.5) is 0 Å². The maximum absolute atomic E-state index is 5.82. The van der Waals surface area contributed by atoms with E-state index in [9.17, 15) is 0 Å². The summed E-state index contributed by atoms with van der Waals surface area (Å²) >= 11 is 7.76. The second kappa shape index (κ2) is 1.56. The predicted octanol–water partition coefficient (Wildman–Crippen LogP) is 2.12. The van der Waals surface area contributed by atoms with Gasteiger partial charge in [-0.2, -0.15) is 11.8 Å². The van der Waals surface area contributed by atoms with Crippen LogP contribution in [-0.2, 0) is 0 Å². The molecule has 7 heavy (non-hydrogen) atoms. The number of rotatable bonds is 0. The first kappa shape index (κ1) is 5.77. The molecule has 0 radical (unpaired) electrons. The van der Waals surface area contributed by atoms with Crippen LogP contribution in [0.1, 0.15) is 13.8 Å². The van der Waals surface area contributed by atoms with E-state index in [0.717, 1.165) is 5.75 Å². The van der Waals surface area contributed by atoms with E-state index in [0.29, 0.717) is 10.1 Å². The van der Waals surface area contributed by atoms with Crippen molar-refractivity contribution in [2.24, 2.45) is 0 Å². The Labute approximate surface area is 53.6 Å². The molecule has 1 rings (SSSR count). The molecule has 1 heterocycles. The molecule has 1 fully saturated rings. The number of hydrogen-bond donors (Lipinski definition) is 0. The lowest BCUT2D eigenvalue weighted by Crippen LogP contribution is -2.40. The Balaban J connectivity index is 2.43. The number of hydrogen-bond acceptors (Lipinski definition) is 1. The van der Waals surface area contributed by atoms with Gasteiger partial charge in [0.15, 0.2) is 0 Å². The van der Waals surface area contributed by atoms with Gasteiger partial charge in [0.05, 0.1) is 5.38 Å². The molecular weight excluding hydrogens is 128 g/mol. The molecule has 0 saturated carbocycles. The second-order valence-electron chi connectivity index (χ2n) is 2.38. The number of thioether (sulfide) groups is 1. The number of alkyl halides is 1. The third kappa shape index (κ3) is 0.895. The van der Waals surface area contributed by atoms with Crippen molar-refractivity contribution in [3.8, 4) is 0 Å². The van der Waals surface area contributed by atoms with Gasteiger partial charge in [0.25, 0.3) is 0 Å². The zero-order valence-corrected chi connectivity index (χ0v) is 6.14. The normalized spacial score (nSPS) is 37.3. The highest BCUT2D eigenvalue weighted by Gasteiger charge is 2.37. The van der Waals surface area contributed by atoms with E-state index in [-0.39, 0.29) is 0 Å². The van der Waals surface area contributed by atoms with E-state index >= 15 is 0 Å². The maximum atomic E-state index is 5.82. The third-order valence-corrected chi connectivity index (χ3v) is 3.90. The zero-order valence-electron chi connectivity index (χ0n) is 4.57. The average molecular weight is 137 g/mol. The van der Waals surface area contributed by atoms with Crippen molar-refractivity contribution < 1.29 is 0 Å². The molecule has 0 aromatic heterocycles. The zero-order chi connectivity index (χ0) is 5.49. The average Bonchev–Trinajstić information content (AvgIpc) is 1.63. The van der Waals surface area contributed by atoms with Crippen LogP contribution < -0.4 is 0 Å². The van der Waals surface area contributed by atoms with Crippen molar-refractivity contribution >= 4 is 23.4 Å². The first-order valence-corrected chi connectivity index (χ1v) is 3.83. The molecule has 0 N–H and O–H groups in total. The molecule has 1 unspecified atom stereocenters. The van der Waals surface area contributed by atoms with Crippen LogP contribution in [0.3, 0.4) is 0 Å². The van der Waals surface area contributed by atoms with Crippen molar-refractivity contribution in [1.82, 2.24) is 0 Å². The van der Waals surface area contributed by atoms with Crippen LogP contribution >= 0.6 is 23.4 Å². The lowest BCUT2D eigenvalue weighted by Gasteiger charge is -2.39. The first-order chi connectivity index (χ1) is 3.13. The van der Waals surface area contributed by atoms with Crippen molar-refractivity contribution in [1.29, 1.82) is 0 Å². The SMILES string of the molecule is CC1(C)SCC1Cl. The Morgan fingerprint density at radius 1 is 1.71 bits per heavy atom. The van der Waals surface area contributed by atoms with Gasteiger partial charge >= 0.3 is 0 Å². The summed E-state index contributed by atoms with van der Waals surface area (Å²) in [7, 11) is 0. The van der Waals surface area contributed by atoms with Gasteiger partial charge in [-0.05, 0) is 13.8 Å². The van der Waals surface area contributed by atoms with E-state index in [2.05, 4.69) is 13.8 Å². The number of halogens is 1. The van der Waals surface area contributed by atoms with E-state index in [1.807, 2.05) is 11.8 Å². The Kier molecular flexibility index (Phi) is 1.29. The van der Waals surface area contributed by atoms with Gasteiger partial charge in [-0.15, -0.1) is 11.6 Å². The van der Waals surface area contributed by atoms with Crippen LogP contribution in [0, 0.1) is 0 Å². The highest BCUT2D eigenvalue weighted by Crippen LogP contribution is 2.43. The van der Waals surface area contributed by atoms with Crippen molar-refractivity contribution in [3.63, 3.8) is 0 Å². The van der Waals surface area contributed by atoms with Crippen LogP contribution in [0.25, 0.3) is 0 Å². The third-order valence-electron chi connectivity index (χ3n) is 1.36. The summed E-state index contributed by atoms with van der Waals surface area (Å²) < 4.78 is 0.363. The fourth-order valence-corrected chi connectivity index (χ4v) is 1.82. The summed E-state index contributed by atoms with van der Waals surface area (Å²) in [5.74, 6) is 1.13. The maximum Gasteiger partial charge on any atom is 0.0568 e. The highest BCUT2D eigenvalue weighted by atomic mass is 35.5. The standard InChI is InChI=1S/C5H9ClS/c1-5(2)4(6)3-7-5/h4H,3H2,1-2H3. The molecule has 1 aliphatic heterocycles. The minimum atomic E-state index is 0.363. The van der Waals surface area contributed by atoms with E-state index in [4.69, 9.17) is 11.6 Å². The predicted molar refractivity (Wildman–Crippen MR) is 36.2 cm³/mol. The minimum absolute atomic E-state index is 0.363. The van der Waals surface area contributed by atoms with Crippen molar-refractivity contribution in [3.05, 3.63) is 0 Å².